The van der Waals surface area contributed by atoms with Gasteiger partial charge in [-0.05, 0) is 25.2 Å². The number of rotatable bonds is 18. The Morgan fingerprint density at radius 1 is 1.00 bits per heavy atom. The monoisotopic (exact) mass is 444 g/mol. The van der Waals surface area contributed by atoms with Crippen LogP contribution in [0, 0.1) is 5.92 Å². The molecule has 0 amide bonds. The van der Waals surface area contributed by atoms with E-state index in [2.05, 4.69) is 30.1 Å². The molecule has 0 bridgehead atoms. The second-order valence-corrected chi connectivity index (χ2v) is 8.12. The normalized spacial score (nSPS) is 13.8. The second-order valence-electron chi connectivity index (χ2n) is 7.04. The van der Waals surface area contributed by atoms with Gasteiger partial charge in [-0.15, -0.1) is 0 Å². The molecule has 0 aliphatic carbocycles. The average molecular weight is 445 g/mol. The van der Waals surface area contributed by atoms with E-state index in [0.717, 1.165) is 51.4 Å². The Labute approximate surface area is 202 Å². The topological polar surface area (TPSA) is 94.1 Å². The molecule has 0 spiro atoms. The van der Waals surface area contributed by atoms with Crippen LogP contribution in [-0.4, -0.2) is 29.9 Å². The van der Waals surface area contributed by atoms with Crippen LogP contribution in [0.5, 0.6) is 0 Å². The first kappa shape index (κ1) is 31.4. The van der Waals surface area contributed by atoms with Crippen LogP contribution in [-0.2, 0) is 28.4 Å². The van der Waals surface area contributed by atoms with Crippen LogP contribution in [0.15, 0.2) is 0 Å². The molecule has 0 saturated heterocycles. The van der Waals surface area contributed by atoms with Crippen LogP contribution < -0.4 is 34.8 Å². The van der Waals surface area contributed by atoms with E-state index in [1.165, 1.54) is 0 Å². The van der Waals surface area contributed by atoms with Crippen LogP contribution >= 0.6 is 12.0 Å². The summed E-state index contributed by atoms with van der Waals surface area (Å²) in [5, 5.41) is 13.7. The minimum Gasteiger partial charge on any atom is -0.691 e. The van der Waals surface area contributed by atoms with Gasteiger partial charge < -0.3 is 14.7 Å². The molecule has 9 heteroatoms. The third-order valence-corrected chi connectivity index (χ3v) is 5.89. The van der Waals surface area contributed by atoms with E-state index >= 15 is 0 Å². The molecule has 0 heterocycles. The number of carbonyl (C=O) groups is 2. The Balaban J connectivity index is 0. The summed E-state index contributed by atoms with van der Waals surface area (Å²) in [5.74, 6) is -0.801. The molecule has 7 nitrogen and oxygen atoms in total. The standard InChI is InChI=1S/C20H38O7S.Na/c1-5-9-11-12-14-24-19(22)20(8-4,28-27-26-23)15-18(21)25-16-17(7-3)13-10-6-2;/h17,23H,5-16H2,1-4H3;/q;+1/p-1. The quantitative estimate of drug-likeness (QED) is 0.0780. The number of carbonyl (C=O) groups excluding carboxylic acids is 2. The summed E-state index contributed by atoms with van der Waals surface area (Å²) in [7, 11) is 0. The van der Waals surface area contributed by atoms with Crippen molar-refractivity contribution in [2.75, 3.05) is 13.2 Å². The van der Waals surface area contributed by atoms with Crippen molar-refractivity contribution >= 4 is 24.0 Å². The minimum atomic E-state index is -1.36. The van der Waals surface area contributed by atoms with Crippen molar-refractivity contribution in [1.82, 2.24) is 0 Å². The summed E-state index contributed by atoms with van der Waals surface area (Å²) in [5.41, 5.74) is 0. The van der Waals surface area contributed by atoms with Gasteiger partial charge in [0.1, 0.15) is 0 Å². The summed E-state index contributed by atoms with van der Waals surface area (Å²) in [4.78, 5) is 25.0. The molecular formula is C20H37NaO7S. The zero-order valence-electron chi connectivity index (χ0n) is 18.8. The molecule has 2 atom stereocenters. The minimum absolute atomic E-state index is 0. The Morgan fingerprint density at radius 3 is 2.24 bits per heavy atom. The molecule has 0 radical (unpaired) electrons. The number of ether oxygens (including phenoxy) is 2. The predicted molar refractivity (Wildman–Crippen MR) is 107 cm³/mol. The van der Waals surface area contributed by atoms with Crippen molar-refractivity contribution in [3.05, 3.63) is 0 Å². The molecule has 0 aromatic heterocycles. The van der Waals surface area contributed by atoms with Gasteiger partial charge in [-0.25, -0.2) is 0 Å². The smallest absolute Gasteiger partial charge is 0.691 e. The molecule has 0 saturated carbocycles. The fourth-order valence-corrected chi connectivity index (χ4v) is 3.34. The van der Waals surface area contributed by atoms with Crippen LogP contribution in [0.1, 0.15) is 91.9 Å². The van der Waals surface area contributed by atoms with Gasteiger partial charge in [0.25, 0.3) is 0 Å². The largest absolute Gasteiger partial charge is 1.00 e. The van der Waals surface area contributed by atoms with Crippen molar-refractivity contribution in [1.29, 1.82) is 0 Å². The molecular weight excluding hydrogens is 407 g/mol. The summed E-state index contributed by atoms with van der Waals surface area (Å²) < 4.78 is 13.8. The molecule has 0 rings (SSSR count). The van der Waals surface area contributed by atoms with E-state index in [9.17, 15) is 14.8 Å². The number of esters is 2. The molecule has 0 aromatic carbocycles. The third kappa shape index (κ3) is 14.0. The molecule has 0 aromatic rings. The fraction of sp³-hybridized carbons (Fsp3) is 0.900. The van der Waals surface area contributed by atoms with E-state index < -0.39 is 16.7 Å². The van der Waals surface area contributed by atoms with Crippen molar-refractivity contribution in [2.45, 2.75) is 96.7 Å². The Bertz CT molecular complexity index is 426. The van der Waals surface area contributed by atoms with Gasteiger partial charge in [0.2, 0.25) is 0 Å². The van der Waals surface area contributed by atoms with E-state index in [0.29, 0.717) is 24.6 Å². The number of hydrogen-bond donors (Lipinski definition) is 0. The van der Waals surface area contributed by atoms with Gasteiger partial charge in [-0.2, -0.15) is 4.33 Å². The van der Waals surface area contributed by atoms with Crippen molar-refractivity contribution in [2.24, 2.45) is 5.92 Å². The molecule has 0 aliphatic rings. The van der Waals surface area contributed by atoms with Gasteiger partial charge in [0, 0.05) is 12.0 Å². The zero-order valence-corrected chi connectivity index (χ0v) is 21.6. The van der Waals surface area contributed by atoms with Gasteiger partial charge >= 0.3 is 41.5 Å². The maximum atomic E-state index is 12.6. The Morgan fingerprint density at radius 2 is 1.69 bits per heavy atom. The maximum absolute atomic E-state index is 12.6. The first-order chi connectivity index (χ1) is 13.5. The van der Waals surface area contributed by atoms with Gasteiger partial charge in [-0.1, -0.05) is 66.2 Å². The van der Waals surface area contributed by atoms with Crippen molar-refractivity contribution in [3.63, 3.8) is 0 Å². The van der Waals surface area contributed by atoms with Crippen LogP contribution in [0.3, 0.4) is 0 Å². The van der Waals surface area contributed by atoms with E-state index in [4.69, 9.17) is 9.47 Å². The second kappa shape index (κ2) is 20.1. The van der Waals surface area contributed by atoms with Crippen molar-refractivity contribution in [3.8, 4) is 0 Å². The zero-order chi connectivity index (χ0) is 21.3. The SMILES string of the molecule is CCCCCCOC(=O)C(CC)(CC(=O)OCC(CC)CCCC)SOO[O-].[Na+]. The average Bonchev–Trinajstić information content (AvgIpc) is 2.70. The van der Waals surface area contributed by atoms with E-state index in [-0.39, 0.29) is 49.0 Å². The Hall–Kier alpha value is 0.170. The maximum Gasteiger partial charge on any atom is 1.00 e. The molecule has 29 heavy (non-hydrogen) atoms. The van der Waals surface area contributed by atoms with E-state index in [1.54, 1.807) is 6.92 Å². The van der Waals surface area contributed by atoms with E-state index in [1.807, 2.05) is 0 Å². The molecule has 0 N–H and O–H groups in total. The third-order valence-electron chi connectivity index (χ3n) is 4.85. The van der Waals surface area contributed by atoms with Crippen molar-refractivity contribution < 1.29 is 63.2 Å². The molecule has 0 fully saturated rings. The fourth-order valence-electron chi connectivity index (χ4n) is 2.76. The van der Waals surface area contributed by atoms with Crippen LogP contribution in [0.25, 0.3) is 0 Å². The summed E-state index contributed by atoms with van der Waals surface area (Å²) in [6, 6.07) is 0. The summed E-state index contributed by atoms with van der Waals surface area (Å²) >= 11 is 0.518. The van der Waals surface area contributed by atoms with Gasteiger partial charge in [-0.3, -0.25) is 14.6 Å². The predicted octanol–water partition coefficient (Wildman–Crippen LogP) is 1.28. The number of hydrogen-bond acceptors (Lipinski definition) is 8. The first-order valence-corrected chi connectivity index (χ1v) is 11.2. The van der Waals surface area contributed by atoms with Crippen LogP contribution in [0.4, 0.5) is 0 Å². The number of unbranched alkanes of at least 4 members (excludes halogenated alkanes) is 4. The molecule has 0 aliphatic heterocycles. The summed E-state index contributed by atoms with van der Waals surface area (Å²) in [6.45, 7) is 8.60. The summed E-state index contributed by atoms with van der Waals surface area (Å²) in [6.07, 6.45) is 7.97. The first-order valence-electron chi connectivity index (χ1n) is 10.5. The molecule has 2 unspecified atom stereocenters. The Kier molecular flexibility index (Phi) is 21.7. The molecule has 166 valence electrons. The van der Waals surface area contributed by atoms with Crippen LogP contribution in [0.2, 0.25) is 0 Å². The van der Waals surface area contributed by atoms with Gasteiger partial charge in [0.05, 0.1) is 19.6 Å². The van der Waals surface area contributed by atoms with Gasteiger partial charge in [0.15, 0.2) is 4.75 Å².